The zero-order valence-corrected chi connectivity index (χ0v) is 13.4. The molecule has 21 heavy (non-hydrogen) atoms. The van der Waals surface area contributed by atoms with Crippen molar-refractivity contribution >= 4 is 0 Å². The van der Waals surface area contributed by atoms with Crippen LogP contribution in [0.15, 0.2) is 24.3 Å². The second-order valence-electron chi connectivity index (χ2n) is 6.38. The van der Waals surface area contributed by atoms with Crippen LogP contribution in [0.3, 0.4) is 0 Å². The van der Waals surface area contributed by atoms with E-state index in [1.807, 2.05) is 0 Å². The third kappa shape index (κ3) is 6.16. The maximum absolute atomic E-state index is 9.92. The molecule has 0 heterocycles. The minimum absolute atomic E-state index is 0.196. The maximum atomic E-state index is 9.92. The lowest BCUT2D eigenvalue weighted by molar-refractivity contribution is 0.101. The monoisotopic (exact) mass is 290 g/mol. The van der Waals surface area contributed by atoms with E-state index in [0.717, 1.165) is 6.54 Å². The van der Waals surface area contributed by atoms with Gasteiger partial charge in [0.05, 0.1) is 11.6 Å². The molecule has 0 amide bonds. The summed E-state index contributed by atoms with van der Waals surface area (Å²) in [6.45, 7) is 10.4. The highest BCUT2D eigenvalue weighted by Gasteiger charge is 2.21. The van der Waals surface area contributed by atoms with Crippen LogP contribution in [0, 0.1) is 22.7 Å². The minimum atomic E-state index is -0.571. The summed E-state index contributed by atoms with van der Waals surface area (Å²) in [6.07, 6.45) is -0.571. The molecule has 1 aromatic carbocycles. The number of nitrogens with zero attached hydrogens (tertiary/aromatic N) is 1. The van der Waals surface area contributed by atoms with Gasteiger partial charge in [-0.1, -0.05) is 33.8 Å². The summed E-state index contributed by atoms with van der Waals surface area (Å²) >= 11 is 0. The molecule has 0 saturated heterocycles. The Kier molecular flexibility index (Phi) is 6.67. The summed E-state index contributed by atoms with van der Waals surface area (Å²) in [5.41, 5.74) is 0.751. The SMILES string of the molecule is CC(C)C(C)(C)CNCC(O)COc1cccc(C#N)c1. The van der Waals surface area contributed by atoms with Crippen LogP contribution in [0.2, 0.25) is 0 Å². The van der Waals surface area contributed by atoms with Gasteiger partial charge in [0, 0.05) is 13.1 Å². The van der Waals surface area contributed by atoms with E-state index < -0.39 is 6.10 Å². The third-order valence-electron chi connectivity index (χ3n) is 3.93. The minimum Gasteiger partial charge on any atom is -0.491 e. The van der Waals surface area contributed by atoms with E-state index in [1.165, 1.54) is 0 Å². The number of rotatable bonds is 8. The molecule has 4 heteroatoms. The summed E-state index contributed by atoms with van der Waals surface area (Å²) in [4.78, 5) is 0. The first-order valence-electron chi connectivity index (χ1n) is 7.37. The Balaban J connectivity index is 2.31. The fourth-order valence-corrected chi connectivity index (χ4v) is 1.67. The quantitative estimate of drug-likeness (QED) is 0.772. The average molecular weight is 290 g/mol. The number of benzene rings is 1. The largest absolute Gasteiger partial charge is 0.491 e. The van der Waals surface area contributed by atoms with Gasteiger partial charge >= 0.3 is 0 Å². The van der Waals surface area contributed by atoms with Crippen molar-refractivity contribution in [1.82, 2.24) is 5.32 Å². The van der Waals surface area contributed by atoms with Crippen molar-refractivity contribution < 1.29 is 9.84 Å². The van der Waals surface area contributed by atoms with E-state index >= 15 is 0 Å². The molecule has 0 aliphatic heterocycles. The molecule has 2 N–H and O–H groups in total. The first kappa shape index (κ1) is 17.5. The number of aliphatic hydroxyl groups is 1. The molecule has 0 radical (unpaired) electrons. The molecule has 4 nitrogen and oxygen atoms in total. The van der Waals surface area contributed by atoms with Gasteiger partial charge < -0.3 is 15.2 Å². The molecule has 1 unspecified atom stereocenters. The molecule has 116 valence electrons. The summed E-state index contributed by atoms with van der Waals surface area (Å²) < 4.78 is 5.50. The highest BCUT2D eigenvalue weighted by atomic mass is 16.5. The predicted molar refractivity (Wildman–Crippen MR) is 84.1 cm³/mol. The van der Waals surface area contributed by atoms with E-state index in [2.05, 4.69) is 39.1 Å². The van der Waals surface area contributed by atoms with Crippen molar-refractivity contribution in [3.05, 3.63) is 29.8 Å². The molecule has 0 aliphatic carbocycles. The Labute approximate surface area is 127 Å². The van der Waals surface area contributed by atoms with E-state index in [0.29, 0.717) is 23.8 Å². The second kappa shape index (κ2) is 8.02. The van der Waals surface area contributed by atoms with Gasteiger partial charge in [0.15, 0.2) is 0 Å². The maximum Gasteiger partial charge on any atom is 0.120 e. The lowest BCUT2D eigenvalue weighted by Gasteiger charge is -2.30. The zero-order chi connectivity index (χ0) is 15.9. The number of ether oxygens (including phenoxy) is 1. The average Bonchev–Trinajstić information content (AvgIpc) is 2.45. The van der Waals surface area contributed by atoms with Crippen molar-refractivity contribution in [2.45, 2.75) is 33.8 Å². The Morgan fingerprint density at radius 2 is 2.10 bits per heavy atom. The van der Waals surface area contributed by atoms with Crippen LogP contribution in [-0.2, 0) is 0 Å². The van der Waals surface area contributed by atoms with Gasteiger partial charge in [-0.15, -0.1) is 0 Å². The number of hydrogen-bond donors (Lipinski definition) is 2. The van der Waals surface area contributed by atoms with Crippen LogP contribution in [-0.4, -0.2) is 30.9 Å². The number of nitriles is 1. The van der Waals surface area contributed by atoms with Gasteiger partial charge in [-0.05, 0) is 29.5 Å². The molecule has 0 saturated carbocycles. The smallest absolute Gasteiger partial charge is 0.120 e. The fraction of sp³-hybridized carbons (Fsp3) is 0.588. The molecule has 1 atom stereocenters. The van der Waals surface area contributed by atoms with Crippen molar-refractivity contribution in [2.75, 3.05) is 19.7 Å². The van der Waals surface area contributed by atoms with Gasteiger partial charge in [-0.25, -0.2) is 0 Å². The Morgan fingerprint density at radius 1 is 1.38 bits per heavy atom. The normalized spacial score (nSPS) is 13.0. The van der Waals surface area contributed by atoms with Crippen LogP contribution >= 0.6 is 0 Å². The highest BCUT2D eigenvalue weighted by molar-refractivity contribution is 5.36. The number of nitrogens with one attached hydrogen (secondary N) is 1. The van der Waals surface area contributed by atoms with Gasteiger partial charge in [0.25, 0.3) is 0 Å². The van der Waals surface area contributed by atoms with Crippen LogP contribution < -0.4 is 10.1 Å². The fourth-order valence-electron chi connectivity index (χ4n) is 1.67. The van der Waals surface area contributed by atoms with E-state index in [-0.39, 0.29) is 12.0 Å². The number of aliphatic hydroxyl groups excluding tert-OH is 1. The van der Waals surface area contributed by atoms with Crippen molar-refractivity contribution in [3.8, 4) is 11.8 Å². The predicted octanol–water partition coefficient (Wildman–Crippen LogP) is 2.57. The highest BCUT2D eigenvalue weighted by Crippen LogP contribution is 2.24. The standard InChI is InChI=1S/C17H26N2O2/c1-13(2)17(3,4)12-19-10-15(20)11-21-16-7-5-6-14(8-16)9-18/h5-8,13,15,19-20H,10-12H2,1-4H3. The van der Waals surface area contributed by atoms with Gasteiger partial charge in [-0.2, -0.15) is 5.26 Å². The first-order valence-corrected chi connectivity index (χ1v) is 7.37. The van der Waals surface area contributed by atoms with Crippen molar-refractivity contribution in [3.63, 3.8) is 0 Å². The second-order valence-corrected chi connectivity index (χ2v) is 6.38. The van der Waals surface area contributed by atoms with E-state index in [1.54, 1.807) is 24.3 Å². The summed E-state index contributed by atoms with van der Waals surface area (Å²) in [7, 11) is 0. The van der Waals surface area contributed by atoms with Crippen molar-refractivity contribution in [1.29, 1.82) is 5.26 Å². The third-order valence-corrected chi connectivity index (χ3v) is 3.93. The summed E-state index contributed by atoms with van der Waals surface area (Å²) in [5, 5.41) is 22.0. The first-order chi connectivity index (χ1) is 9.85. The molecule has 0 aromatic heterocycles. The molecular formula is C17H26N2O2. The number of hydrogen-bond acceptors (Lipinski definition) is 4. The van der Waals surface area contributed by atoms with E-state index in [9.17, 15) is 5.11 Å². The van der Waals surface area contributed by atoms with Crippen molar-refractivity contribution in [2.24, 2.45) is 11.3 Å². The molecular weight excluding hydrogens is 264 g/mol. The zero-order valence-electron chi connectivity index (χ0n) is 13.4. The Bertz CT molecular complexity index is 478. The lowest BCUT2D eigenvalue weighted by Crippen LogP contribution is -2.39. The van der Waals surface area contributed by atoms with Gasteiger partial charge in [-0.3, -0.25) is 0 Å². The van der Waals surface area contributed by atoms with Crippen LogP contribution in [0.1, 0.15) is 33.3 Å². The summed E-state index contributed by atoms with van der Waals surface area (Å²) in [5.74, 6) is 1.18. The molecule has 0 aliphatic rings. The molecule has 0 spiro atoms. The Hall–Kier alpha value is -1.57. The summed E-state index contributed by atoms with van der Waals surface area (Å²) in [6, 6.07) is 9.00. The molecule has 1 rings (SSSR count). The molecule has 0 fully saturated rings. The molecule has 0 bridgehead atoms. The van der Waals surface area contributed by atoms with Gasteiger partial charge in [0.1, 0.15) is 18.5 Å². The van der Waals surface area contributed by atoms with Crippen LogP contribution in [0.25, 0.3) is 0 Å². The van der Waals surface area contributed by atoms with Crippen LogP contribution in [0.5, 0.6) is 5.75 Å². The Morgan fingerprint density at radius 3 is 2.71 bits per heavy atom. The lowest BCUT2D eigenvalue weighted by atomic mass is 9.81. The molecule has 1 aromatic rings. The van der Waals surface area contributed by atoms with E-state index in [4.69, 9.17) is 10.00 Å². The topological polar surface area (TPSA) is 65.3 Å². The van der Waals surface area contributed by atoms with Gasteiger partial charge in [0.2, 0.25) is 0 Å². The van der Waals surface area contributed by atoms with Crippen LogP contribution in [0.4, 0.5) is 0 Å².